The standard InChI is InChI=1S/C10H15N5/c1-4-6(2)13-10-9-8(11-5-12-10)7(3)14-15-9/h5-6H,4H2,1-3H3,(H,14,15)(H,11,12,13)/t6-/m1/s1. The van der Waals surface area contributed by atoms with Gasteiger partial charge in [-0.3, -0.25) is 5.10 Å². The predicted molar refractivity (Wildman–Crippen MR) is 59.8 cm³/mol. The molecule has 15 heavy (non-hydrogen) atoms. The van der Waals surface area contributed by atoms with E-state index in [0.29, 0.717) is 6.04 Å². The Morgan fingerprint density at radius 2 is 2.20 bits per heavy atom. The van der Waals surface area contributed by atoms with Crippen molar-refractivity contribution < 1.29 is 0 Å². The highest BCUT2D eigenvalue weighted by Crippen LogP contribution is 2.19. The van der Waals surface area contributed by atoms with E-state index >= 15 is 0 Å². The van der Waals surface area contributed by atoms with Gasteiger partial charge in [0, 0.05) is 6.04 Å². The summed E-state index contributed by atoms with van der Waals surface area (Å²) in [4.78, 5) is 8.39. The monoisotopic (exact) mass is 205 g/mol. The third-order valence-electron chi connectivity index (χ3n) is 2.51. The maximum absolute atomic E-state index is 4.20. The smallest absolute Gasteiger partial charge is 0.158 e. The van der Waals surface area contributed by atoms with Gasteiger partial charge in [-0.25, -0.2) is 9.97 Å². The Hall–Kier alpha value is -1.65. The lowest BCUT2D eigenvalue weighted by atomic mass is 10.2. The number of aryl methyl sites for hydroxylation is 1. The van der Waals surface area contributed by atoms with Crippen LogP contribution in [0.5, 0.6) is 0 Å². The van der Waals surface area contributed by atoms with Crippen LogP contribution in [-0.4, -0.2) is 26.2 Å². The molecular formula is C10H15N5. The van der Waals surface area contributed by atoms with Crippen LogP contribution in [0.1, 0.15) is 26.0 Å². The number of aromatic nitrogens is 4. The molecule has 0 radical (unpaired) electrons. The molecular weight excluding hydrogens is 190 g/mol. The van der Waals surface area contributed by atoms with Crippen molar-refractivity contribution in [2.45, 2.75) is 33.2 Å². The molecule has 0 unspecified atom stereocenters. The van der Waals surface area contributed by atoms with E-state index < -0.39 is 0 Å². The minimum absolute atomic E-state index is 0.389. The fourth-order valence-corrected chi connectivity index (χ4v) is 1.39. The van der Waals surface area contributed by atoms with Crippen LogP contribution in [0.4, 0.5) is 5.82 Å². The van der Waals surface area contributed by atoms with Crippen LogP contribution in [0.25, 0.3) is 11.0 Å². The Labute approximate surface area is 88.3 Å². The SMILES string of the molecule is CC[C@@H](C)Nc1ncnc2c(C)[nH]nc12. The summed E-state index contributed by atoms with van der Waals surface area (Å²) < 4.78 is 0. The van der Waals surface area contributed by atoms with Gasteiger partial charge in [0.15, 0.2) is 11.3 Å². The number of aromatic amines is 1. The third kappa shape index (κ3) is 1.77. The highest BCUT2D eigenvalue weighted by Gasteiger charge is 2.10. The summed E-state index contributed by atoms with van der Waals surface area (Å²) in [6.07, 6.45) is 2.62. The van der Waals surface area contributed by atoms with Crippen molar-refractivity contribution in [1.29, 1.82) is 0 Å². The molecule has 2 aromatic rings. The highest BCUT2D eigenvalue weighted by atomic mass is 15.2. The molecule has 0 aromatic carbocycles. The number of rotatable bonds is 3. The molecule has 2 rings (SSSR count). The third-order valence-corrected chi connectivity index (χ3v) is 2.51. The average molecular weight is 205 g/mol. The molecule has 0 aliphatic heterocycles. The summed E-state index contributed by atoms with van der Waals surface area (Å²) >= 11 is 0. The van der Waals surface area contributed by atoms with Gasteiger partial charge in [0.2, 0.25) is 0 Å². The first-order valence-electron chi connectivity index (χ1n) is 5.14. The molecule has 0 fully saturated rings. The zero-order valence-electron chi connectivity index (χ0n) is 9.20. The van der Waals surface area contributed by atoms with Gasteiger partial charge in [-0.1, -0.05) is 6.92 Å². The van der Waals surface area contributed by atoms with Gasteiger partial charge >= 0.3 is 0 Å². The van der Waals surface area contributed by atoms with Crippen molar-refractivity contribution in [2.75, 3.05) is 5.32 Å². The van der Waals surface area contributed by atoms with Crippen LogP contribution in [0.2, 0.25) is 0 Å². The Bertz CT molecular complexity index is 462. The van der Waals surface area contributed by atoms with Gasteiger partial charge in [-0.05, 0) is 20.3 Å². The van der Waals surface area contributed by atoms with Crippen molar-refractivity contribution in [1.82, 2.24) is 20.2 Å². The lowest BCUT2D eigenvalue weighted by Gasteiger charge is -2.11. The predicted octanol–water partition coefficient (Wildman–Crippen LogP) is 1.87. The van der Waals surface area contributed by atoms with Crippen molar-refractivity contribution in [3.8, 4) is 0 Å². The summed E-state index contributed by atoms with van der Waals surface area (Å²) in [6, 6.07) is 0.389. The topological polar surface area (TPSA) is 66.5 Å². The van der Waals surface area contributed by atoms with Gasteiger partial charge in [-0.2, -0.15) is 5.10 Å². The molecule has 2 aromatic heterocycles. The van der Waals surface area contributed by atoms with Gasteiger partial charge in [0.1, 0.15) is 11.8 Å². The largest absolute Gasteiger partial charge is 0.366 e. The second-order valence-electron chi connectivity index (χ2n) is 3.72. The van der Waals surface area contributed by atoms with E-state index in [1.165, 1.54) is 0 Å². The second kappa shape index (κ2) is 3.84. The maximum atomic E-state index is 4.20. The molecule has 2 heterocycles. The van der Waals surface area contributed by atoms with Crippen LogP contribution in [0.15, 0.2) is 6.33 Å². The Kier molecular flexibility index (Phi) is 2.53. The molecule has 0 saturated carbocycles. The number of fused-ring (bicyclic) bond motifs is 1. The first-order valence-corrected chi connectivity index (χ1v) is 5.14. The maximum Gasteiger partial charge on any atom is 0.158 e. The van der Waals surface area contributed by atoms with E-state index in [1.54, 1.807) is 6.33 Å². The molecule has 0 amide bonds. The van der Waals surface area contributed by atoms with E-state index in [0.717, 1.165) is 29.0 Å². The van der Waals surface area contributed by atoms with Gasteiger partial charge in [0.05, 0.1) is 5.69 Å². The first kappa shape index (κ1) is 9.89. The molecule has 0 aliphatic carbocycles. The number of anilines is 1. The summed E-state index contributed by atoms with van der Waals surface area (Å²) in [6.45, 7) is 6.20. The van der Waals surface area contributed by atoms with Gasteiger partial charge in [-0.15, -0.1) is 0 Å². The van der Waals surface area contributed by atoms with E-state index in [4.69, 9.17) is 0 Å². The van der Waals surface area contributed by atoms with Crippen LogP contribution in [0, 0.1) is 6.92 Å². The summed E-state index contributed by atoms with van der Waals surface area (Å²) in [7, 11) is 0. The van der Waals surface area contributed by atoms with Crippen LogP contribution in [0.3, 0.4) is 0 Å². The number of hydrogen-bond donors (Lipinski definition) is 2. The fraction of sp³-hybridized carbons (Fsp3) is 0.500. The van der Waals surface area contributed by atoms with E-state index in [1.807, 2.05) is 6.92 Å². The number of hydrogen-bond acceptors (Lipinski definition) is 4. The minimum atomic E-state index is 0.389. The fourth-order valence-electron chi connectivity index (χ4n) is 1.39. The van der Waals surface area contributed by atoms with Crippen molar-refractivity contribution in [2.24, 2.45) is 0 Å². The highest BCUT2D eigenvalue weighted by molar-refractivity contribution is 5.86. The van der Waals surface area contributed by atoms with Crippen molar-refractivity contribution in [3.63, 3.8) is 0 Å². The second-order valence-corrected chi connectivity index (χ2v) is 3.72. The number of H-pyrrole nitrogens is 1. The van der Waals surface area contributed by atoms with Crippen LogP contribution < -0.4 is 5.32 Å². The first-order chi connectivity index (χ1) is 7.22. The minimum Gasteiger partial charge on any atom is -0.366 e. The molecule has 5 nitrogen and oxygen atoms in total. The molecule has 0 bridgehead atoms. The van der Waals surface area contributed by atoms with Crippen LogP contribution >= 0.6 is 0 Å². The summed E-state index contributed by atoms with van der Waals surface area (Å²) in [5, 5.41) is 10.4. The molecule has 80 valence electrons. The molecule has 5 heteroatoms. The molecule has 0 spiro atoms. The van der Waals surface area contributed by atoms with E-state index in [2.05, 4.69) is 39.3 Å². The Balaban J connectivity index is 2.43. The van der Waals surface area contributed by atoms with Crippen LogP contribution in [-0.2, 0) is 0 Å². The zero-order valence-corrected chi connectivity index (χ0v) is 9.20. The number of nitrogens with one attached hydrogen (secondary N) is 2. The molecule has 1 atom stereocenters. The molecule has 2 N–H and O–H groups in total. The Morgan fingerprint density at radius 1 is 1.40 bits per heavy atom. The van der Waals surface area contributed by atoms with Gasteiger partial charge < -0.3 is 5.32 Å². The Morgan fingerprint density at radius 3 is 2.93 bits per heavy atom. The quantitative estimate of drug-likeness (QED) is 0.802. The lowest BCUT2D eigenvalue weighted by molar-refractivity contribution is 0.759. The van der Waals surface area contributed by atoms with Crippen molar-refractivity contribution >= 4 is 16.9 Å². The van der Waals surface area contributed by atoms with Crippen molar-refractivity contribution in [3.05, 3.63) is 12.0 Å². The molecule has 0 aliphatic rings. The average Bonchev–Trinajstić information content (AvgIpc) is 2.62. The summed E-state index contributed by atoms with van der Waals surface area (Å²) in [5.41, 5.74) is 2.67. The van der Waals surface area contributed by atoms with E-state index in [-0.39, 0.29) is 0 Å². The zero-order chi connectivity index (χ0) is 10.8. The van der Waals surface area contributed by atoms with E-state index in [9.17, 15) is 0 Å². The number of nitrogens with zero attached hydrogens (tertiary/aromatic N) is 3. The normalized spacial score (nSPS) is 13.0. The summed E-state index contributed by atoms with van der Waals surface area (Å²) in [5.74, 6) is 0.804. The molecule has 0 saturated heterocycles. The van der Waals surface area contributed by atoms with Gasteiger partial charge in [0.25, 0.3) is 0 Å². The lowest BCUT2D eigenvalue weighted by Crippen LogP contribution is -2.14.